The third-order valence-corrected chi connectivity index (χ3v) is 4.85. The Labute approximate surface area is 145 Å². The molecule has 0 bridgehead atoms. The number of amides is 1. The van der Waals surface area contributed by atoms with Gasteiger partial charge < -0.3 is 5.32 Å². The molecule has 0 aliphatic heterocycles. The lowest BCUT2D eigenvalue weighted by Gasteiger charge is -2.09. The average molecular weight is 337 g/mol. The summed E-state index contributed by atoms with van der Waals surface area (Å²) in [5, 5.41) is 3.76. The van der Waals surface area contributed by atoms with Crippen molar-refractivity contribution in [3.8, 4) is 0 Å². The quantitative estimate of drug-likeness (QED) is 0.722. The van der Waals surface area contributed by atoms with Gasteiger partial charge in [-0.05, 0) is 37.1 Å². The molecule has 0 fully saturated rings. The fourth-order valence-electron chi connectivity index (χ4n) is 2.40. The predicted octanol–water partition coefficient (Wildman–Crippen LogP) is 3.66. The highest BCUT2D eigenvalue weighted by atomic mass is 32.2. The zero-order chi connectivity index (χ0) is 16.9. The molecular formula is C19H19N3OS. The Balaban J connectivity index is 1.60. The number of fused-ring (bicyclic) bond motifs is 1. The van der Waals surface area contributed by atoms with Gasteiger partial charge >= 0.3 is 0 Å². The molecule has 24 heavy (non-hydrogen) atoms. The minimum absolute atomic E-state index is 0.00221. The van der Waals surface area contributed by atoms with E-state index in [1.165, 1.54) is 17.3 Å². The van der Waals surface area contributed by atoms with E-state index in [-0.39, 0.29) is 5.91 Å². The lowest BCUT2D eigenvalue weighted by atomic mass is 10.1. The predicted molar refractivity (Wildman–Crippen MR) is 98.0 cm³/mol. The molecule has 0 saturated heterocycles. The van der Waals surface area contributed by atoms with E-state index in [4.69, 9.17) is 0 Å². The first-order valence-electron chi connectivity index (χ1n) is 7.81. The van der Waals surface area contributed by atoms with Gasteiger partial charge in [0.15, 0.2) is 0 Å². The van der Waals surface area contributed by atoms with E-state index in [1.807, 2.05) is 62.4 Å². The monoisotopic (exact) mass is 337 g/mol. The number of carbonyl (C=O) groups is 1. The molecule has 1 heterocycles. The van der Waals surface area contributed by atoms with Crippen LogP contribution in [-0.4, -0.2) is 21.6 Å². The van der Waals surface area contributed by atoms with Crippen molar-refractivity contribution < 1.29 is 4.79 Å². The first-order valence-corrected chi connectivity index (χ1v) is 8.79. The summed E-state index contributed by atoms with van der Waals surface area (Å²) in [5.74, 6) is 0.331. The Bertz CT molecular complexity index is 879. The number of hydrogen-bond donors (Lipinski definition) is 1. The standard InChI is InChI=1S/C19H19N3OS/c1-13-7-3-4-8-15(13)11-20-18(23)12-24-19-14(2)21-16-9-5-6-10-17(16)22-19/h3-10H,11-12H2,1-2H3,(H,20,23). The van der Waals surface area contributed by atoms with Crippen molar-refractivity contribution in [2.75, 3.05) is 5.75 Å². The van der Waals surface area contributed by atoms with Crippen LogP contribution in [0.5, 0.6) is 0 Å². The summed E-state index contributed by atoms with van der Waals surface area (Å²) in [7, 11) is 0. The Morgan fingerprint density at radius 2 is 1.67 bits per heavy atom. The van der Waals surface area contributed by atoms with Gasteiger partial charge in [0.05, 0.1) is 22.5 Å². The van der Waals surface area contributed by atoms with Crippen LogP contribution >= 0.6 is 11.8 Å². The van der Waals surface area contributed by atoms with Crippen LogP contribution in [0.3, 0.4) is 0 Å². The van der Waals surface area contributed by atoms with E-state index >= 15 is 0 Å². The molecule has 0 radical (unpaired) electrons. The molecule has 5 heteroatoms. The van der Waals surface area contributed by atoms with Gasteiger partial charge in [0, 0.05) is 6.54 Å². The summed E-state index contributed by atoms with van der Waals surface area (Å²) in [6.45, 7) is 4.52. The van der Waals surface area contributed by atoms with Crippen molar-refractivity contribution >= 4 is 28.7 Å². The molecule has 3 rings (SSSR count). The maximum absolute atomic E-state index is 12.1. The second-order valence-corrected chi connectivity index (χ2v) is 6.56. The van der Waals surface area contributed by atoms with Crippen LogP contribution in [0.25, 0.3) is 11.0 Å². The van der Waals surface area contributed by atoms with Crippen LogP contribution in [-0.2, 0) is 11.3 Å². The van der Waals surface area contributed by atoms with Crippen molar-refractivity contribution in [3.63, 3.8) is 0 Å². The molecule has 2 aromatic carbocycles. The Morgan fingerprint density at radius 3 is 2.42 bits per heavy atom. The number of aryl methyl sites for hydroxylation is 2. The van der Waals surface area contributed by atoms with E-state index in [2.05, 4.69) is 15.3 Å². The van der Waals surface area contributed by atoms with Crippen LogP contribution in [0, 0.1) is 13.8 Å². The van der Waals surface area contributed by atoms with Gasteiger partial charge in [0.2, 0.25) is 5.91 Å². The molecule has 0 atom stereocenters. The molecule has 1 amide bonds. The molecule has 0 aliphatic carbocycles. The number of hydrogen-bond acceptors (Lipinski definition) is 4. The lowest BCUT2D eigenvalue weighted by Crippen LogP contribution is -2.25. The highest BCUT2D eigenvalue weighted by Crippen LogP contribution is 2.21. The fourth-order valence-corrected chi connectivity index (χ4v) is 3.18. The summed E-state index contributed by atoms with van der Waals surface area (Å²) < 4.78 is 0. The minimum atomic E-state index is -0.00221. The number of aromatic nitrogens is 2. The van der Waals surface area contributed by atoms with Gasteiger partial charge in [-0.2, -0.15) is 0 Å². The van der Waals surface area contributed by atoms with Gasteiger partial charge in [-0.3, -0.25) is 4.79 Å². The van der Waals surface area contributed by atoms with Crippen molar-refractivity contribution in [2.24, 2.45) is 0 Å². The number of para-hydroxylation sites is 2. The third-order valence-electron chi connectivity index (χ3n) is 3.78. The van der Waals surface area contributed by atoms with Crippen molar-refractivity contribution in [1.29, 1.82) is 0 Å². The van der Waals surface area contributed by atoms with Crippen LogP contribution in [0.15, 0.2) is 53.6 Å². The summed E-state index contributed by atoms with van der Waals surface area (Å²) in [6, 6.07) is 15.8. The first-order chi connectivity index (χ1) is 11.6. The van der Waals surface area contributed by atoms with E-state index in [0.29, 0.717) is 12.3 Å². The van der Waals surface area contributed by atoms with Gasteiger partial charge in [-0.1, -0.05) is 48.2 Å². The van der Waals surface area contributed by atoms with Gasteiger partial charge in [-0.15, -0.1) is 0 Å². The van der Waals surface area contributed by atoms with Gasteiger partial charge in [0.1, 0.15) is 5.03 Å². The van der Waals surface area contributed by atoms with Crippen LogP contribution in [0.4, 0.5) is 0 Å². The van der Waals surface area contributed by atoms with Gasteiger partial charge in [0.25, 0.3) is 0 Å². The Hall–Kier alpha value is -2.40. The van der Waals surface area contributed by atoms with Crippen molar-refractivity contribution in [3.05, 3.63) is 65.4 Å². The van der Waals surface area contributed by atoms with Crippen LogP contribution in [0.1, 0.15) is 16.8 Å². The zero-order valence-electron chi connectivity index (χ0n) is 13.7. The fraction of sp³-hybridized carbons (Fsp3) is 0.211. The number of benzene rings is 2. The second-order valence-electron chi connectivity index (χ2n) is 5.59. The summed E-state index contributed by atoms with van der Waals surface area (Å²) >= 11 is 1.42. The number of nitrogens with zero attached hydrogens (tertiary/aromatic N) is 2. The van der Waals surface area contributed by atoms with E-state index < -0.39 is 0 Å². The molecule has 122 valence electrons. The average Bonchev–Trinajstić information content (AvgIpc) is 2.59. The first kappa shape index (κ1) is 16.5. The largest absolute Gasteiger partial charge is 0.351 e. The maximum Gasteiger partial charge on any atom is 0.230 e. The second kappa shape index (κ2) is 7.45. The number of nitrogens with one attached hydrogen (secondary N) is 1. The van der Waals surface area contributed by atoms with Crippen molar-refractivity contribution in [1.82, 2.24) is 15.3 Å². The molecule has 0 spiro atoms. The smallest absolute Gasteiger partial charge is 0.230 e. The van der Waals surface area contributed by atoms with E-state index in [9.17, 15) is 4.79 Å². The number of carbonyl (C=O) groups excluding carboxylic acids is 1. The molecule has 1 aromatic heterocycles. The van der Waals surface area contributed by atoms with Crippen LogP contribution in [0.2, 0.25) is 0 Å². The topological polar surface area (TPSA) is 54.9 Å². The summed E-state index contributed by atoms with van der Waals surface area (Å²) in [4.78, 5) is 21.2. The van der Waals surface area contributed by atoms with Gasteiger partial charge in [-0.25, -0.2) is 9.97 Å². The molecule has 0 aliphatic rings. The third kappa shape index (κ3) is 3.92. The SMILES string of the molecule is Cc1ccccc1CNC(=O)CSc1nc2ccccc2nc1C. The minimum Gasteiger partial charge on any atom is -0.351 e. The molecule has 0 saturated carbocycles. The lowest BCUT2D eigenvalue weighted by molar-refractivity contribution is -0.118. The highest BCUT2D eigenvalue weighted by Gasteiger charge is 2.09. The zero-order valence-corrected chi connectivity index (χ0v) is 14.6. The number of rotatable bonds is 5. The normalized spacial score (nSPS) is 10.8. The van der Waals surface area contributed by atoms with E-state index in [0.717, 1.165) is 27.3 Å². The van der Waals surface area contributed by atoms with Crippen LogP contribution < -0.4 is 5.32 Å². The Kier molecular flexibility index (Phi) is 5.11. The molecule has 3 aromatic rings. The Morgan fingerprint density at radius 1 is 1.00 bits per heavy atom. The summed E-state index contributed by atoms with van der Waals surface area (Å²) in [5.41, 5.74) is 4.90. The molecule has 1 N–H and O–H groups in total. The molecule has 4 nitrogen and oxygen atoms in total. The number of thioether (sulfide) groups is 1. The maximum atomic E-state index is 12.1. The van der Waals surface area contributed by atoms with E-state index in [1.54, 1.807) is 0 Å². The summed E-state index contributed by atoms with van der Waals surface area (Å²) in [6.07, 6.45) is 0. The molecule has 0 unspecified atom stereocenters. The molecular weight excluding hydrogens is 318 g/mol. The van der Waals surface area contributed by atoms with Crippen molar-refractivity contribution in [2.45, 2.75) is 25.4 Å². The highest BCUT2D eigenvalue weighted by molar-refractivity contribution is 7.99.